The van der Waals surface area contributed by atoms with Gasteiger partial charge >= 0.3 is 0 Å². The summed E-state index contributed by atoms with van der Waals surface area (Å²) in [6.45, 7) is 5.21. The molecule has 1 saturated heterocycles. The van der Waals surface area contributed by atoms with Gasteiger partial charge in [0.15, 0.2) is 0 Å². The first-order chi connectivity index (χ1) is 7.75. The second-order valence-electron chi connectivity index (χ2n) is 3.88. The molecule has 0 aromatic rings. The summed E-state index contributed by atoms with van der Waals surface area (Å²) in [6, 6.07) is 1.91. The van der Waals surface area contributed by atoms with Crippen molar-refractivity contribution >= 4 is 5.91 Å². The number of ether oxygens (including phenoxy) is 1. The Bertz CT molecular complexity index is 256. The molecule has 5 heteroatoms. The lowest BCUT2D eigenvalue weighted by molar-refractivity contribution is -0.137. The Labute approximate surface area is 96.4 Å². The van der Waals surface area contributed by atoms with E-state index in [1.807, 2.05) is 11.8 Å². The SMILES string of the molecule is CC(NCCCC#N)C(=O)N1CCOCC1. The van der Waals surface area contributed by atoms with Gasteiger partial charge in [0.25, 0.3) is 0 Å². The summed E-state index contributed by atoms with van der Waals surface area (Å²) in [7, 11) is 0. The van der Waals surface area contributed by atoms with Crippen molar-refractivity contribution in [3.63, 3.8) is 0 Å². The third kappa shape index (κ3) is 4.17. The quantitative estimate of drug-likeness (QED) is 0.675. The molecular weight excluding hydrogens is 206 g/mol. The Hall–Kier alpha value is -1.12. The lowest BCUT2D eigenvalue weighted by atomic mass is 10.2. The average Bonchev–Trinajstić information content (AvgIpc) is 2.34. The van der Waals surface area contributed by atoms with Gasteiger partial charge in [-0.2, -0.15) is 5.26 Å². The third-order valence-electron chi connectivity index (χ3n) is 2.61. The van der Waals surface area contributed by atoms with Crippen LogP contribution in [-0.2, 0) is 9.53 Å². The number of hydrogen-bond acceptors (Lipinski definition) is 4. The summed E-state index contributed by atoms with van der Waals surface area (Å²) in [5.41, 5.74) is 0. The Balaban J connectivity index is 2.21. The van der Waals surface area contributed by atoms with E-state index in [9.17, 15) is 4.79 Å². The molecule has 0 saturated carbocycles. The van der Waals surface area contributed by atoms with E-state index < -0.39 is 0 Å². The van der Waals surface area contributed by atoms with Crippen LogP contribution in [0.5, 0.6) is 0 Å². The standard InChI is InChI=1S/C11H19N3O2/c1-10(13-5-3-2-4-12)11(15)14-6-8-16-9-7-14/h10,13H,2-3,5-9H2,1H3. The molecule has 0 aliphatic carbocycles. The van der Waals surface area contributed by atoms with Gasteiger partial charge in [-0.15, -0.1) is 0 Å². The zero-order chi connectivity index (χ0) is 11.8. The number of nitrogens with zero attached hydrogens (tertiary/aromatic N) is 2. The molecule has 1 N–H and O–H groups in total. The molecule has 0 bridgehead atoms. The van der Waals surface area contributed by atoms with Gasteiger partial charge in [0.1, 0.15) is 0 Å². The molecular formula is C11H19N3O2. The minimum absolute atomic E-state index is 0.125. The molecule has 90 valence electrons. The van der Waals surface area contributed by atoms with Crippen molar-refractivity contribution in [2.75, 3.05) is 32.8 Å². The molecule has 1 aliphatic rings. The van der Waals surface area contributed by atoms with E-state index in [1.54, 1.807) is 0 Å². The highest BCUT2D eigenvalue weighted by molar-refractivity contribution is 5.81. The summed E-state index contributed by atoms with van der Waals surface area (Å²) < 4.78 is 5.19. The minimum Gasteiger partial charge on any atom is -0.378 e. The van der Waals surface area contributed by atoms with Crippen LogP contribution in [0.3, 0.4) is 0 Å². The first kappa shape index (κ1) is 12.9. The lowest BCUT2D eigenvalue weighted by Gasteiger charge is -2.29. The van der Waals surface area contributed by atoms with Gasteiger partial charge in [-0.3, -0.25) is 4.79 Å². The van der Waals surface area contributed by atoms with Crippen LogP contribution < -0.4 is 5.32 Å². The molecule has 1 fully saturated rings. The number of amides is 1. The topological polar surface area (TPSA) is 65.4 Å². The fraction of sp³-hybridized carbons (Fsp3) is 0.818. The summed E-state index contributed by atoms with van der Waals surface area (Å²) in [5.74, 6) is 0.125. The maximum Gasteiger partial charge on any atom is 0.239 e. The van der Waals surface area contributed by atoms with Crippen LogP contribution >= 0.6 is 0 Å². The second-order valence-corrected chi connectivity index (χ2v) is 3.88. The number of nitrogens with one attached hydrogen (secondary N) is 1. The van der Waals surface area contributed by atoms with E-state index in [2.05, 4.69) is 11.4 Å². The Morgan fingerprint density at radius 1 is 1.56 bits per heavy atom. The zero-order valence-electron chi connectivity index (χ0n) is 9.74. The van der Waals surface area contributed by atoms with Crippen molar-refractivity contribution in [3.8, 4) is 6.07 Å². The number of nitriles is 1. The smallest absolute Gasteiger partial charge is 0.239 e. The van der Waals surface area contributed by atoms with Gasteiger partial charge in [-0.25, -0.2) is 0 Å². The van der Waals surface area contributed by atoms with E-state index in [-0.39, 0.29) is 11.9 Å². The predicted molar refractivity (Wildman–Crippen MR) is 59.7 cm³/mol. The van der Waals surface area contributed by atoms with Gasteiger partial charge in [-0.05, 0) is 19.9 Å². The van der Waals surface area contributed by atoms with Gasteiger partial charge in [0, 0.05) is 19.5 Å². The van der Waals surface area contributed by atoms with E-state index in [0.717, 1.165) is 6.42 Å². The van der Waals surface area contributed by atoms with Crippen molar-refractivity contribution < 1.29 is 9.53 Å². The van der Waals surface area contributed by atoms with Crippen LogP contribution in [0.2, 0.25) is 0 Å². The molecule has 1 rings (SSSR count). The highest BCUT2D eigenvalue weighted by atomic mass is 16.5. The Morgan fingerprint density at radius 2 is 2.25 bits per heavy atom. The van der Waals surface area contributed by atoms with Crippen LogP contribution in [-0.4, -0.2) is 49.7 Å². The average molecular weight is 225 g/mol. The van der Waals surface area contributed by atoms with Crippen molar-refractivity contribution in [2.45, 2.75) is 25.8 Å². The number of rotatable bonds is 5. The van der Waals surface area contributed by atoms with Crippen molar-refractivity contribution in [1.82, 2.24) is 10.2 Å². The van der Waals surface area contributed by atoms with E-state index in [0.29, 0.717) is 39.3 Å². The number of carbonyl (C=O) groups is 1. The van der Waals surface area contributed by atoms with Gasteiger partial charge in [0.2, 0.25) is 5.91 Å². The van der Waals surface area contributed by atoms with Crippen LogP contribution in [0.25, 0.3) is 0 Å². The molecule has 0 aromatic heterocycles. The molecule has 0 aromatic carbocycles. The summed E-state index contributed by atoms with van der Waals surface area (Å²) in [6.07, 6.45) is 1.32. The molecule has 1 unspecified atom stereocenters. The summed E-state index contributed by atoms with van der Waals surface area (Å²) in [5, 5.41) is 11.5. The largest absolute Gasteiger partial charge is 0.378 e. The van der Waals surface area contributed by atoms with Crippen molar-refractivity contribution in [2.24, 2.45) is 0 Å². The molecule has 1 atom stereocenters. The highest BCUT2D eigenvalue weighted by Crippen LogP contribution is 2.00. The third-order valence-corrected chi connectivity index (χ3v) is 2.61. The zero-order valence-corrected chi connectivity index (χ0v) is 9.74. The fourth-order valence-corrected chi connectivity index (χ4v) is 1.63. The first-order valence-electron chi connectivity index (χ1n) is 5.72. The maximum absolute atomic E-state index is 11.9. The number of hydrogen-bond donors (Lipinski definition) is 1. The minimum atomic E-state index is -0.170. The lowest BCUT2D eigenvalue weighted by Crippen LogP contribution is -2.49. The van der Waals surface area contributed by atoms with Gasteiger partial charge < -0.3 is 15.0 Å². The van der Waals surface area contributed by atoms with E-state index in [4.69, 9.17) is 10.00 Å². The molecule has 1 heterocycles. The molecule has 0 spiro atoms. The molecule has 0 radical (unpaired) electrons. The molecule has 5 nitrogen and oxygen atoms in total. The Morgan fingerprint density at radius 3 is 2.88 bits per heavy atom. The fourth-order valence-electron chi connectivity index (χ4n) is 1.63. The van der Waals surface area contributed by atoms with E-state index >= 15 is 0 Å². The number of unbranched alkanes of at least 4 members (excludes halogenated alkanes) is 1. The summed E-state index contributed by atoms with van der Waals surface area (Å²) >= 11 is 0. The van der Waals surface area contributed by atoms with Crippen LogP contribution in [0, 0.1) is 11.3 Å². The van der Waals surface area contributed by atoms with Crippen LogP contribution in [0.15, 0.2) is 0 Å². The normalized spacial score (nSPS) is 17.9. The summed E-state index contributed by atoms with van der Waals surface area (Å²) in [4.78, 5) is 13.7. The van der Waals surface area contributed by atoms with Crippen molar-refractivity contribution in [1.29, 1.82) is 5.26 Å². The number of carbonyl (C=O) groups excluding carboxylic acids is 1. The highest BCUT2D eigenvalue weighted by Gasteiger charge is 2.21. The number of morpholine rings is 1. The first-order valence-corrected chi connectivity index (χ1v) is 5.72. The second kappa shape index (κ2) is 7.20. The van der Waals surface area contributed by atoms with Gasteiger partial charge in [0.05, 0.1) is 25.3 Å². The predicted octanol–water partition coefficient (Wildman–Crippen LogP) is 0.127. The van der Waals surface area contributed by atoms with Gasteiger partial charge in [-0.1, -0.05) is 0 Å². The van der Waals surface area contributed by atoms with Crippen LogP contribution in [0.4, 0.5) is 0 Å². The van der Waals surface area contributed by atoms with E-state index in [1.165, 1.54) is 0 Å². The molecule has 16 heavy (non-hydrogen) atoms. The molecule has 1 aliphatic heterocycles. The monoisotopic (exact) mass is 225 g/mol. The maximum atomic E-state index is 11.9. The van der Waals surface area contributed by atoms with Crippen LogP contribution in [0.1, 0.15) is 19.8 Å². The van der Waals surface area contributed by atoms with Crippen molar-refractivity contribution in [3.05, 3.63) is 0 Å². The Kier molecular flexibility index (Phi) is 5.83. The molecule has 1 amide bonds.